The number of fused-ring (bicyclic) bond motifs is 1. The maximum atomic E-state index is 12.5. The Morgan fingerprint density at radius 1 is 0.919 bits per heavy atom. The Labute approximate surface area is 217 Å². The van der Waals surface area contributed by atoms with Crippen LogP contribution in [0.1, 0.15) is 28.8 Å². The van der Waals surface area contributed by atoms with Gasteiger partial charge in [0, 0.05) is 62.3 Å². The highest BCUT2D eigenvalue weighted by molar-refractivity contribution is 7.89. The molecule has 0 saturated carbocycles. The van der Waals surface area contributed by atoms with Crippen LogP contribution in [0, 0.1) is 0 Å². The number of pyridine rings is 1. The number of carboxylic acid groups (broad SMARTS) is 1. The van der Waals surface area contributed by atoms with Crippen LogP contribution in [-0.2, 0) is 16.6 Å². The molecule has 2 aliphatic rings. The molecule has 0 radical (unpaired) electrons. The molecule has 0 atom stereocenters. The van der Waals surface area contributed by atoms with Crippen LogP contribution < -0.4 is 0 Å². The number of carbonyl (C=O) groups is 1. The van der Waals surface area contributed by atoms with Crippen molar-refractivity contribution in [3.63, 3.8) is 0 Å². The number of rotatable bonds is 5. The Morgan fingerprint density at radius 3 is 2.19 bits per heavy atom. The number of nitrogens with zero attached hydrogens (tertiary/aromatic N) is 5. The Bertz CT molecular complexity index is 1430. The van der Waals surface area contributed by atoms with Crippen LogP contribution >= 0.6 is 0 Å². The third-order valence-corrected chi connectivity index (χ3v) is 7.42. The van der Waals surface area contributed by atoms with Crippen LogP contribution in [0.3, 0.4) is 0 Å². The van der Waals surface area contributed by atoms with Gasteiger partial charge in [-0.05, 0) is 18.9 Å². The average Bonchev–Trinajstić information content (AvgIpc) is 3.42. The van der Waals surface area contributed by atoms with Crippen LogP contribution in [0.15, 0.2) is 59.0 Å². The van der Waals surface area contributed by atoms with Gasteiger partial charge in [-0.2, -0.15) is 0 Å². The molecule has 2 aromatic carbocycles. The number of hydrogen-bond donors (Lipinski definition) is 1. The number of benzene rings is 2. The Balaban J connectivity index is 1.46. The van der Waals surface area contributed by atoms with E-state index in [0.29, 0.717) is 60.8 Å². The third-order valence-electron chi connectivity index (χ3n) is 6.93. The van der Waals surface area contributed by atoms with E-state index in [0.717, 1.165) is 37.8 Å². The smallest absolute Gasteiger partial charge is 0.336 e. The van der Waals surface area contributed by atoms with E-state index in [9.17, 15) is 18.3 Å². The van der Waals surface area contributed by atoms with Gasteiger partial charge in [-0.3, -0.25) is 4.90 Å². The highest BCUT2D eigenvalue weighted by Crippen LogP contribution is 2.31. The maximum Gasteiger partial charge on any atom is 0.336 e. The predicted molar refractivity (Wildman–Crippen MR) is 144 cm³/mol. The highest BCUT2D eigenvalue weighted by atomic mass is 32.2. The van der Waals surface area contributed by atoms with Crippen molar-refractivity contribution in [3.05, 3.63) is 65.7 Å². The topological polar surface area (TPSA) is 106 Å². The zero-order valence-electron chi connectivity index (χ0n) is 20.9. The van der Waals surface area contributed by atoms with Gasteiger partial charge >= 0.3 is 5.97 Å². The molecular formula is C27H31N5O4S. The lowest BCUT2D eigenvalue weighted by atomic mass is 9.96. The Hall–Kier alpha value is -3.50. The second-order valence-corrected chi connectivity index (χ2v) is 11.2. The number of guanidine groups is 1. The standard InChI is InChI=1S/C27H31N5O4S/c1-37(35,36)29-27(31-13-7-8-14-31)32-17-15-30(16-18-32)19-22-24(26(33)34)21-11-5-6-12-23(21)28-25(22)20-9-3-2-4-10-20/h2-6,9-12H,7-8,13-19H2,1H3,(H,33,34). The van der Waals surface area contributed by atoms with Crippen LogP contribution in [0.4, 0.5) is 0 Å². The molecule has 1 aromatic heterocycles. The number of hydrogen-bond acceptors (Lipinski definition) is 5. The van der Waals surface area contributed by atoms with Gasteiger partial charge in [-0.1, -0.05) is 48.5 Å². The molecule has 10 heteroatoms. The molecule has 0 amide bonds. The number of sulfonamides is 1. The first-order chi connectivity index (χ1) is 17.8. The summed E-state index contributed by atoms with van der Waals surface area (Å²) in [6.07, 6.45) is 3.18. The first-order valence-corrected chi connectivity index (χ1v) is 14.4. The zero-order chi connectivity index (χ0) is 26.0. The molecule has 2 saturated heterocycles. The second-order valence-electron chi connectivity index (χ2n) is 9.58. The van der Waals surface area contributed by atoms with Crippen LogP contribution in [0.2, 0.25) is 0 Å². The molecule has 9 nitrogen and oxygen atoms in total. The molecule has 1 N–H and O–H groups in total. The van der Waals surface area contributed by atoms with Crippen molar-refractivity contribution in [2.45, 2.75) is 19.4 Å². The summed E-state index contributed by atoms with van der Waals surface area (Å²) >= 11 is 0. The van der Waals surface area contributed by atoms with Crippen molar-refractivity contribution in [3.8, 4) is 11.3 Å². The molecular weight excluding hydrogens is 490 g/mol. The molecule has 3 aromatic rings. The van der Waals surface area contributed by atoms with E-state index in [2.05, 4.69) is 14.2 Å². The first kappa shape index (κ1) is 25.2. The van der Waals surface area contributed by atoms with Gasteiger partial charge in [0.1, 0.15) is 0 Å². The van der Waals surface area contributed by atoms with Gasteiger partial charge < -0.3 is 14.9 Å². The monoisotopic (exact) mass is 521 g/mol. The van der Waals surface area contributed by atoms with E-state index < -0.39 is 16.0 Å². The summed E-state index contributed by atoms with van der Waals surface area (Å²) in [6.45, 7) is 4.55. The Morgan fingerprint density at radius 2 is 1.54 bits per heavy atom. The summed E-state index contributed by atoms with van der Waals surface area (Å²) in [7, 11) is -3.53. The summed E-state index contributed by atoms with van der Waals surface area (Å²) in [5.74, 6) is -0.441. The van der Waals surface area contributed by atoms with E-state index in [1.165, 1.54) is 0 Å². The Kier molecular flexibility index (Phi) is 7.12. The minimum atomic E-state index is -3.53. The van der Waals surface area contributed by atoms with Crippen LogP contribution in [0.5, 0.6) is 0 Å². The fraction of sp³-hybridized carbons (Fsp3) is 0.370. The van der Waals surface area contributed by atoms with E-state index in [1.54, 1.807) is 0 Å². The maximum absolute atomic E-state index is 12.5. The van der Waals surface area contributed by atoms with Gasteiger partial charge in [0.2, 0.25) is 5.96 Å². The number of carboxylic acids is 1. The largest absolute Gasteiger partial charge is 0.478 e. The van der Waals surface area contributed by atoms with Gasteiger partial charge in [0.05, 0.1) is 23.0 Å². The molecule has 3 heterocycles. The van der Waals surface area contributed by atoms with Crippen molar-refractivity contribution >= 4 is 32.9 Å². The molecule has 194 valence electrons. The van der Waals surface area contributed by atoms with Crippen molar-refractivity contribution in [1.82, 2.24) is 19.7 Å². The quantitative estimate of drug-likeness (QED) is 0.403. The third kappa shape index (κ3) is 5.60. The van der Waals surface area contributed by atoms with Crippen molar-refractivity contribution in [2.75, 3.05) is 45.5 Å². The molecule has 0 bridgehead atoms. The molecule has 0 aliphatic carbocycles. The van der Waals surface area contributed by atoms with Gasteiger partial charge in [-0.15, -0.1) is 4.40 Å². The number of para-hydroxylation sites is 1. The van der Waals surface area contributed by atoms with E-state index >= 15 is 0 Å². The normalized spacial score (nSPS) is 17.5. The van der Waals surface area contributed by atoms with Gasteiger partial charge in [0.25, 0.3) is 10.0 Å². The lowest BCUT2D eigenvalue weighted by Crippen LogP contribution is -2.53. The lowest BCUT2D eigenvalue weighted by molar-refractivity contribution is 0.0696. The fourth-order valence-electron chi connectivity index (χ4n) is 5.19. The van der Waals surface area contributed by atoms with Crippen molar-refractivity contribution in [1.29, 1.82) is 0 Å². The molecule has 0 spiro atoms. The number of aromatic carboxylic acids is 1. The fourth-order valence-corrected chi connectivity index (χ4v) is 5.72. The molecule has 37 heavy (non-hydrogen) atoms. The summed E-state index contributed by atoms with van der Waals surface area (Å²) in [4.78, 5) is 23.8. The number of aromatic nitrogens is 1. The highest BCUT2D eigenvalue weighted by Gasteiger charge is 2.29. The van der Waals surface area contributed by atoms with Gasteiger partial charge in [-0.25, -0.2) is 18.2 Å². The second kappa shape index (κ2) is 10.5. The average molecular weight is 522 g/mol. The molecule has 0 unspecified atom stereocenters. The zero-order valence-corrected chi connectivity index (χ0v) is 21.7. The summed E-state index contributed by atoms with van der Waals surface area (Å²) < 4.78 is 28.1. The lowest BCUT2D eigenvalue weighted by Gasteiger charge is -2.39. The molecule has 5 rings (SSSR count). The minimum absolute atomic E-state index is 0.281. The van der Waals surface area contributed by atoms with E-state index in [-0.39, 0.29) is 5.56 Å². The van der Waals surface area contributed by atoms with E-state index in [1.807, 2.05) is 59.5 Å². The van der Waals surface area contributed by atoms with Gasteiger partial charge in [0.15, 0.2) is 0 Å². The first-order valence-electron chi connectivity index (χ1n) is 12.5. The minimum Gasteiger partial charge on any atom is -0.478 e. The van der Waals surface area contributed by atoms with Crippen molar-refractivity contribution in [2.24, 2.45) is 4.40 Å². The molecule has 2 fully saturated rings. The SMILES string of the molecule is CS(=O)(=O)N=C(N1CCCC1)N1CCN(Cc2c(-c3ccccc3)nc3ccccc3c2C(=O)O)CC1. The summed E-state index contributed by atoms with van der Waals surface area (Å²) in [6, 6.07) is 17.0. The number of piperazine rings is 1. The van der Waals surface area contributed by atoms with Crippen molar-refractivity contribution < 1.29 is 18.3 Å². The molecule has 2 aliphatic heterocycles. The number of likely N-dealkylation sites (tertiary alicyclic amines) is 1. The predicted octanol–water partition coefficient (Wildman–Crippen LogP) is 3.13. The van der Waals surface area contributed by atoms with E-state index in [4.69, 9.17) is 4.98 Å². The summed E-state index contributed by atoms with van der Waals surface area (Å²) in [5, 5.41) is 10.9. The van der Waals surface area contributed by atoms with Crippen LogP contribution in [-0.4, -0.2) is 90.7 Å². The summed E-state index contributed by atoms with van der Waals surface area (Å²) in [5.41, 5.74) is 3.18. The van der Waals surface area contributed by atoms with Crippen LogP contribution in [0.25, 0.3) is 22.2 Å².